The van der Waals surface area contributed by atoms with Crippen molar-refractivity contribution < 1.29 is 14.3 Å². The molecule has 0 unspecified atom stereocenters. The van der Waals surface area contributed by atoms with E-state index in [9.17, 15) is 4.79 Å². The van der Waals surface area contributed by atoms with E-state index in [1.54, 1.807) is 0 Å². The Balaban J connectivity index is 1.69. The largest absolute Gasteiger partial charge is 0.468 e. The van der Waals surface area contributed by atoms with Gasteiger partial charge >= 0.3 is 12.0 Å². The molecule has 7 heteroatoms. The van der Waals surface area contributed by atoms with E-state index in [1.807, 2.05) is 6.07 Å². The lowest BCUT2D eigenvalue weighted by Crippen LogP contribution is -2.36. The van der Waals surface area contributed by atoms with Crippen LogP contribution in [0.4, 0.5) is 10.5 Å². The minimum Gasteiger partial charge on any atom is -0.468 e. The van der Waals surface area contributed by atoms with Crippen molar-refractivity contribution in [3.05, 3.63) is 17.7 Å². The summed E-state index contributed by atoms with van der Waals surface area (Å²) in [5.41, 5.74) is 9.39. The Labute approximate surface area is 159 Å². The van der Waals surface area contributed by atoms with Crippen molar-refractivity contribution in [3.8, 4) is 6.01 Å². The van der Waals surface area contributed by atoms with Crippen LogP contribution >= 0.6 is 0 Å². The number of nitrogens with two attached hydrogens (primary N) is 1. The van der Waals surface area contributed by atoms with Crippen LogP contribution in [-0.2, 0) is 11.2 Å². The van der Waals surface area contributed by atoms with E-state index in [4.69, 9.17) is 15.2 Å². The third kappa shape index (κ3) is 3.88. The third-order valence-electron chi connectivity index (χ3n) is 5.58. The number of hydrogen-bond acceptors (Lipinski definition) is 5. The van der Waals surface area contributed by atoms with Crippen LogP contribution in [0.15, 0.2) is 12.1 Å². The highest BCUT2D eigenvalue weighted by Crippen LogP contribution is 2.35. The summed E-state index contributed by atoms with van der Waals surface area (Å²) in [6.07, 6.45) is 7.44. The molecular formula is C20H28N4O3. The van der Waals surface area contributed by atoms with Crippen LogP contribution in [-0.4, -0.2) is 49.0 Å². The molecule has 1 amide bonds. The molecule has 1 aliphatic carbocycles. The number of imidazole rings is 1. The van der Waals surface area contributed by atoms with Crippen LogP contribution < -0.4 is 15.4 Å². The van der Waals surface area contributed by atoms with Crippen molar-refractivity contribution in [2.75, 3.05) is 38.3 Å². The van der Waals surface area contributed by atoms with Gasteiger partial charge in [-0.05, 0) is 36.5 Å². The number of aryl methyl sites for hydroxylation is 1. The highest BCUT2D eigenvalue weighted by Gasteiger charge is 2.22. The second kappa shape index (κ2) is 7.76. The molecule has 2 fully saturated rings. The fourth-order valence-electron chi connectivity index (χ4n) is 3.91. The average Bonchev–Trinajstić information content (AvgIpc) is 3.43. The summed E-state index contributed by atoms with van der Waals surface area (Å²) < 4.78 is 12.2. The standard InChI is InChI=1S/C20H28N4O3/c1-26-20-22-18-15(5-3-2-4-14-6-7-14)12-16(23-8-10-27-11-9-23)13-17(18)24(20)19(21)25/h12-14H,2-11H2,1H3,(H2,21,25). The van der Waals surface area contributed by atoms with Crippen LogP contribution in [0.5, 0.6) is 6.01 Å². The van der Waals surface area contributed by atoms with Crippen molar-refractivity contribution in [3.63, 3.8) is 0 Å². The van der Waals surface area contributed by atoms with Crippen molar-refractivity contribution in [2.24, 2.45) is 11.7 Å². The van der Waals surface area contributed by atoms with E-state index in [0.29, 0.717) is 13.2 Å². The number of fused-ring (bicyclic) bond motifs is 1. The highest BCUT2D eigenvalue weighted by molar-refractivity contribution is 5.93. The summed E-state index contributed by atoms with van der Waals surface area (Å²) in [6.45, 7) is 3.11. The molecule has 0 spiro atoms. The molecular weight excluding hydrogens is 344 g/mol. The number of benzene rings is 1. The van der Waals surface area contributed by atoms with Gasteiger partial charge in [-0.2, -0.15) is 4.98 Å². The fourth-order valence-corrected chi connectivity index (χ4v) is 3.91. The molecule has 1 saturated carbocycles. The summed E-state index contributed by atoms with van der Waals surface area (Å²) in [4.78, 5) is 18.9. The number of ether oxygens (including phenoxy) is 2. The average molecular weight is 372 g/mol. The zero-order valence-corrected chi connectivity index (χ0v) is 15.9. The molecule has 1 saturated heterocycles. The van der Waals surface area contributed by atoms with Gasteiger partial charge in [-0.25, -0.2) is 9.36 Å². The van der Waals surface area contributed by atoms with Gasteiger partial charge in [-0.3, -0.25) is 0 Å². The highest BCUT2D eigenvalue weighted by atomic mass is 16.5. The maximum Gasteiger partial charge on any atom is 0.327 e. The minimum atomic E-state index is -0.576. The van der Waals surface area contributed by atoms with Crippen LogP contribution in [0, 0.1) is 5.92 Å². The predicted molar refractivity (Wildman–Crippen MR) is 105 cm³/mol. The van der Waals surface area contributed by atoms with Gasteiger partial charge < -0.3 is 20.1 Å². The Morgan fingerprint density at radius 1 is 1.30 bits per heavy atom. The van der Waals surface area contributed by atoms with Crippen LogP contribution in [0.3, 0.4) is 0 Å². The van der Waals surface area contributed by atoms with Crippen LogP contribution in [0.2, 0.25) is 0 Å². The maximum atomic E-state index is 12.0. The first-order valence-corrected chi connectivity index (χ1v) is 9.89. The summed E-state index contributed by atoms with van der Waals surface area (Å²) in [7, 11) is 1.51. The number of unbranched alkanes of at least 4 members (excludes halogenated alkanes) is 1. The van der Waals surface area contributed by atoms with Crippen molar-refractivity contribution in [2.45, 2.75) is 38.5 Å². The predicted octanol–water partition coefficient (Wildman–Crippen LogP) is 2.93. The Hall–Kier alpha value is -2.28. The van der Waals surface area contributed by atoms with E-state index in [0.717, 1.165) is 54.1 Å². The van der Waals surface area contributed by atoms with Crippen LogP contribution in [0.1, 0.15) is 37.7 Å². The molecule has 27 heavy (non-hydrogen) atoms. The quantitative estimate of drug-likeness (QED) is 0.756. The topological polar surface area (TPSA) is 82.6 Å². The lowest BCUT2D eigenvalue weighted by Gasteiger charge is -2.29. The van der Waals surface area contributed by atoms with Gasteiger partial charge in [0.05, 0.1) is 31.4 Å². The number of hydrogen-bond donors (Lipinski definition) is 1. The van der Waals surface area contributed by atoms with Crippen molar-refractivity contribution >= 4 is 22.8 Å². The molecule has 4 rings (SSSR count). The van der Waals surface area contributed by atoms with E-state index in [-0.39, 0.29) is 6.01 Å². The number of carbonyl (C=O) groups excluding carboxylic acids is 1. The number of carbonyl (C=O) groups is 1. The molecule has 1 aliphatic heterocycles. The summed E-state index contributed by atoms with van der Waals surface area (Å²) >= 11 is 0. The molecule has 0 bridgehead atoms. The second-order valence-corrected chi connectivity index (χ2v) is 7.53. The molecule has 2 N–H and O–H groups in total. The lowest BCUT2D eigenvalue weighted by molar-refractivity contribution is 0.122. The van der Waals surface area contributed by atoms with Gasteiger partial charge in [0.1, 0.15) is 0 Å². The zero-order valence-electron chi connectivity index (χ0n) is 15.9. The molecule has 1 aromatic heterocycles. The summed E-state index contributed by atoms with van der Waals surface area (Å²) in [5.74, 6) is 0.957. The van der Waals surface area contributed by atoms with Gasteiger partial charge in [0.25, 0.3) is 0 Å². The molecule has 2 aliphatic rings. The molecule has 2 aromatic rings. The van der Waals surface area contributed by atoms with Gasteiger partial charge in [0, 0.05) is 18.8 Å². The first-order valence-electron chi connectivity index (χ1n) is 9.89. The zero-order chi connectivity index (χ0) is 18.8. The molecule has 1 aromatic carbocycles. The molecule has 7 nitrogen and oxygen atoms in total. The molecule has 2 heterocycles. The Morgan fingerprint density at radius 3 is 2.74 bits per heavy atom. The Kier molecular flexibility index (Phi) is 5.20. The van der Waals surface area contributed by atoms with E-state index < -0.39 is 6.03 Å². The summed E-state index contributed by atoms with van der Waals surface area (Å²) in [5, 5.41) is 0. The van der Waals surface area contributed by atoms with Crippen LogP contribution in [0.25, 0.3) is 11.0 Å². The second-order valence-electron chi connectivity index (χ2n) is 7.53. The SMILES string of the molecule is COc1nc2c(CCCCC3CC3)cc(N3CCOCC3)cc2n1C(N)=O. The number of aromatic nitrogens is 2. The molecule has 0 atom stereocenters. The number of amides is 1. The Bertz CT molecular complexity index is 822. The first kappa shape index (κ1) is 18.1. The number of morpholine rings is 1. The van der Waals surface area contributed by atoms with E-state index in [2.05, 4.69) is 16.0 Å². The molecule has 146 valence electrons. The van der Waals surface area contributed by atoms with Crippen molar-refractivity contribution in [1.82, 2.24) is 9.55 Å². The fraction of sp³-hybridized carbons (Fsp3) is 0.600. The number of rotatable bonds is 7. The number of primary amides is 1. The first-order chi connectivity index (χ1) is 13.2. The van der Waals surface area contributed by atoms with Gasteiger partial charge in [0.2, 0.25) is 0 Å². The van der Waals surface area contributed by atoms with Crippen molar-refractivity contribution in [1.29, 1.82) is 0 Å². The third-order valence-corrected chi connectivity index (χ3v) is 5.58. The number of nitrogens with zero attached hydrogens (tertiary/aromatic N) is 3. The molecule has 0 radical (unpaired) electrons. The number of anilines is 1. The number of methoxy groups -OCH3 is 1. The van der Waals surface area contributed by atoms with Gasteiger partial charge in [-0.1, -0.05) is 25.7 Å². The smallest absolute Gasteiger partial charge is 0.327 e. The van der Waals surface area contributed by atoms with E-state index >= 15 is 0 Å². The van der Waals surface area contributed by atoms with Gasteiger partial charge in [-0.15, -0.1) is 0 Å². The maximum absolute atomic E-state index is 12.0. The van der Waals surface area contributed by atoms with E-state index in [1.165, 1.54) is 37.4 Å². The van der Waals surface area contributed by atoms with Gasteiger partial charge in [0.15, 0.2) is 0 Å². The lowest BCUT2D eigenvalue weighted by atomic mass is 10.0. The minimum absolute atomic E-state index is 0.246. The normalized spacial score (nSPS) is 17.4. The Morgan fingerprint density at radius 2 is 2.07 bits per heavy atom. The summed E-state index contributed by atoms with van der Waals surface area (Å²) in [6, 6.07) is 3.88. The monoisotopic (exact) mass is 372 g/mol.